The highest BCUT2D eigenvalue weighted by Gasteiger charge is 2.18. The van der Waals surface area contributed by atoms with Crippen molar-refractivity contribution in [1.29, 1.82) is 0 Å². The summed E-state index contributed by atoms with van der Waals surface area (Å²) in [5, 5.41) is 9.40. The highest BCUT2D eigenvalue weighted by atomic mass is 35.5. The molecule has 0 saturated carbocycles. The van der Waals surface area contributed by atoms with Gasteiger partial charge in [-0.2, -0.15) is 0 Å². The second kappa shape index (κ2) is 7.59. The Bertz CT molecular complexity index is 856. The average Bonchev–Trinajstić information content (AvgIpc) is 3.04. The van der Waals surface area contributed by atoms with Crippen molar-refractivity contribution >= 4 is 23.2 Å². The van der Waals surface area contributed by atoms with E-state index in [1.54, 1.807) is 18.2 Å². The third-order valence-electron chi connectivity index (χ3n) is 4.10. The summed E-state index contributed by atoms with van der Waals surface area (Å²) in [6.45, 7) is 6.50. The fourth-order valence-electron chi connectivity index (χ4n) is 2.74. The van der Waals surface area contributed by atoms with Crippen molar-refractivity contribution in [3.8, 4) is 11.5 Å². The minimum absolute atomic E-state index is 0.0143. The largest absolute Gasteiger partial charge is 0.420 e. The summed E-state index contributed by atoms with van der Waals surface area (Å²) in [7, 11) is 0. The Hall–Kier alpha value is -1.84. The fourth-order valence-corrected chi connectivity index (χ4v) is 3.23. The number of rotatable bonds is 5. The highest BCUT2D eigenvalue weighted by Crippen LogP contribution is 2.31. The van der Waals surface area contributed by atoms with Gasteiger partial charge in [0, 0.05) is 5.02 Å². The zero-order valence-corrected chi connectivity index (χ0v) is 16.0. The molecular weight excluding hydrogens is 355 g/mol. The molecule has 1 aromatic heterocycles. The van der Waals surface area contributed by atoms with Gasteiger partial charge in [0.1, 0.15) is 0 Å². The lowest BCUT2D eigenvalue weighted by Gasteiger charge is -2.09. The minimum Gasteiger partial charge on any atom is -0.420 e. The van der Waals surface area contributed by atoms with E-state index in [2.05, 4.69) is 55.2 Å². The topological polar surface area (TPSA) is 38.9 Å². The van der Waals surface area contributed by atoms with Crippen LogP contribution in [-0.4, -0.2) is 10.2 Å². The van der Waals surface area contributed by atoms with Gasteiger partial charge >= 0.3 is 0 Å². The molecule has 3 nitrogen and oxygen atoms in total. The van der Waals surface area contributed by atoms with Gasteiger partial charge in [0.25, 0.3) is 0 Å². The van der Waals surface area contributed by atoms with Crippen molar-refractivity contribution < 1.29 is 4.42 Å². The van der Waals surface area contributed by atoms with Crippen LogP contribution >= 0.6 is 23.2 Å². The lowest BCUT2D eigenvalue weighted by atomic mass is 9.97. The maximum Gasteiger partial charge on any atom is 0.249 e. The first-order valence-electron chi connectivity index (χ1n) is 8.31. The summed E-state index contributed by atoms with van der Waals surface area (Å²) < 4.78 is 5.85. The van der Waals surface area contributed by atoms with Gasteiger partial charge in [-0.3, -0.25) is 0 Å². The van der Waals surface area contributed by atoms with E-state index in [-0.39, 0.29) is 5.92 Å². The monoisotopic (exact) mass is 374 g/mol. The molecule has 0 unspecified atom stereocenters. The first kappa shape index (κ1) is 18.0. The van der Waals surface area contributed by atoms with Crippen LogP contribution in [0.25, 0.3) is 11.5 Å². The van der Waals surface area contributed by atoms with E-state index in [9.17, 15) is 0 Å². The van der Waals surface area contributed by atoms with Crippen LogP contribution in [0.4, 0.5) is 0 Å². The quantitative estimate of drug-likeness (QED) is 0.518. The molecule has 0 amide bonds. The first-order chi connectivity index (χ1) is 11.9. The molecular formula is C20H20Cl2N2O. The normalized spacial score (nSPS) is 12.6. The van der Waals surface area contributed by atoms with Gasteiger partial charge in [0.2, 0.25) is 11.8 Å². The van der Waals surface area contributed by atoms with Crippen LogP contribution in [0.5, 0.6) is 0 Å². The molecule has 3 rings (SSSR count). The second-order valence-electron chi connectivity index (χ2n) is 6.63. The second-order valence-corrected chi connectivity index (χ2v) is 7.47. The van der Waals surface area contributed by atoms with Gasteiger partial charge in [-0.15, -0.1) is 10.2 Å². The van der Waals surface area contributed by atoms with Gasteiger partial charge in [-0.25, -0.2) is 0 Å². The Labute approximate surface area is 158 Å². The standard InChI is InChI=1S/C20H20Cl2N2O/c1-12(2)10-14-4-6-15(7-5-14)13(3)19-23-24-20(25-19)17-9-8-16(21)11-18(17)22/h4-9,11-13H,10H2,1-3H3/t13-/m1/s1. The number of hydrogen-bond acceptors (Lipinski definition) is 3. The summed E-state index contributed by atoms with van der Waals surface area (Å²) >= 11 is 12.1. The Morgan fingerprint density at radius 2 is 1.68 bits per heavy atom. The number of hydrogen-bond donors (Lipinski definition) is 0. The van der Waals surface area contributed by atoms with E-state index < -0.39 is 0 Å². The molecule has 0 aliphatic rings. The molecule has 25 heavy (non-hydrogen) atoms. The first-order valence-corrected chi connectivity index (χ1v) is 9.07. The predicted molar refractivity (Wildman–Crippen MR) is 102 cm³/mol. The van der Waals surface area contributed by atoms with Crippen molar-refractivity contribution in [2.45, 2.75) is 33.1 Å². The van der Waals surface area contributed by atoms with E-state index in [1.807, 2.05) is 0 Å². The number of nitrogens with zero attached hydrogens (tertiary/aromatic N) is 2. The van der Waals surface area contributed by atoms with Crippen LogP contribution in [0.1, 0.15) is 43.7 Å². The fraction of sp³-hybridized carbons (Fsp3) is 0.300. The van der Waals surface area contributed by atoms with Crippen LogP contribution < -0.4 is 0 Å². The van der Waals surface area contributed by atoms with Crippen LogP contribution in [0.3, 0.4) is 0 Å². The van der Waals surface area contributed by atoms with E-state index in [0.717, 1.165) is 12.0 Å². The maximum atomic E-state index is 6.22. The Balaban J connectivity index is 1.81. The predicted octanol–water partition coefficient (Wildman–Crippen LogP) is 6.39. The van der Waals surface area contributed by atoms with Crippen LogP contribution in [-0.2, 0) is 6.42 Å². The van der Waals surface area contributed by atoms with Crippen LogP contribution in [0, 0.1) is 5.92 Å². The zero-order chi connectivity index (χ0) is 18.0. The minimum atomic E-state index is 0.0143. The van der Waals surface area contributed by atoms with Crippen molar-refractivity contribution in [3.63, 3.8) is 0 Å². The van der Waals surface area contributed by atoms with Gasteiger partial charge < -0.3 is 4.42 Å². The van der Waals surface area contributed by atoms with E-state index in [0.29, 0.717) is 33.3 Å². The molecule has 1 heterocycles. The number of halogens is 2. The summed E-state index contributed by atoms with van der Waals surface area (Å²) in [6.07, 6.45) is 1.08. The van der Waals surface area contributed by atoms with Gasteiger partial charge in [0.05, 0.1) is 16.5 Å². The third kappa shape index (κ3) is 4.23. The van der Waals surface area contributed by atoms with Crippen molar-refractivity contribution in [2.75, 3.05) is 0 Å². The van der Waals surface area contributed by atoms with Crippen LogP contribution in [0.2, 0.25) is 10.0 Å². The van der Waals surface area contributed by atoms with Crippen molar-refractivity contribution in [2.24, 2.45) is 5.92 Å². The molecule has 0 aliphatic heterocycles. The molecule has 0 saturated heterocycles. The summed E-state index contributed by atoms with van der Waals surface area (Å²) in [6, 6.07) is 13.8. The number of benzene rings is 2. The van der Waals surface area contributed by atoms with Gasteiger partial charge in [0.15, 0.2) is 0 Å². The SMILES string of the molecule is CC(C)Cc1ccc([C@@H](C)c2nnc(-c3ccc(Cl)cc3Cl)o2)cc1. The molecule has 0 aliphatic carbocycles. The van der Waals surface area contributed by atoms with Gasteiger partial charge in [-0.1, -0.05) is 61.3 Å². The van der Waals surface area contributed by atoms with Crippen LogP contribution in [0.15, 0.2) is 46.9 Å². The molecule has 1 atom stereocenters. The Kier molecular flexibility index (Phi) is 5.45. The van der Waals surface area contributed by atoms with E-state index in [1.165, 1.54) is 5.56 Å². The molecule has 0 fully saturated rings. The Morgan fingerprint density at radius 3 is 2.32 bits per heavy atom. The van der Waals surface area contributed by atoms with E-state index in [4.69, 9.17) is 27.6 Å². The highest BCUT2D eigenvalue weighted by molar-refractivity contribution is 6.36. The average molecular weight is 375 g/mol. The Morgan fingerprint density at radius 1 is 0.960 bits per heavy atom. The molecule has 2 aromatic carbocycles. The number of aromatic nitrogens is 2. The van der Waals surface area contributed by atoms with Crippen molar-refractivity contribution in [1.82, 2.24) is 10.2 Å². The zero-order valence-electron chi connectivity index (χ0n) is 14.5. The lowest BCUT2D eigenvalue weighted by Crippen LogP contribution is -1.98. The molecule has 0 bridgehead atoms. The smallest absolute Gasteiger partial charge is 0.249 e. The molecule has 5 heteroatoms. The molecule has 3 aromatic rings. The lowest BCUT2D eigenvalue weighted by molar-refractivity contribution is 0.490. The summed E-state index contributed by atoms with van der Waals surface area (Å²) in [4.78, 5) is 0. The van der Waals surface area contributed by atoms with Crippen molar-refractivity contribution in [3.05, 3.63) is 69.5 Å². The summed E-state index contributed by atoms with van der Waals surface area (Å²) in [5.74, 6) is 1.63. The molecule has 130 valence electrons. The molecule has 0 radical (unpaired) electrons. The molecule has 0 N–H and O–H groups in total. The third-order valence-corrected chi connectivity index (χ3v) is 4.64. The van der Waals surface area contributed by atoms with E-state index >= 15 is 0 Å². The molecule has 0 spiro atoms. The maximum absolute atomic E-state index is 6.22. The summed E-state index contributed by atoms with van der Waals surface area (Å²) in [5.41, 5.74) is 3.17. The van der Waals surface area contributed by atoms with Gasteiger partial charge in [-0.05, 0) is 48.6 Å².